The second-order valence-electron chi connectivity index (χ2n) is 6.29. The maximum atomic E-state index is 11.3. The fourth-order valence-corrected chi connectivity index (χ4v) is 3.46. The minimum absolute atomic E-state index is 0.138. The first kappa shape index (κ1) is 23.6. The average Bonchev–Trinajstić information content (AvgIpc) is 2.90. The topological polar surface area (TPSA) is 140 Å². The van der Waals surface area contributed by atoms with E-state index < -0.39 is 22.0 Å². The maximum absolute atomic E-state index is 11.3. The third-order valence-electron chi connectivity index (χ3n) is 4.17. The van der Waals surface area contributed by atoms with E-state index in [1.165, 1.54) is 24.3 Å². The van der Waals surface area contributed by atoms with E-state index in [0.29, 0.717) is 0 Å². The van der Waals surface area contributed by atoms with Gasteiger partial charge in [0.25, 0.3) is 11.1 Å². The van der Waals surface area contributed by atoms with E-state index in [-0.39, 0.29) is 53.4 Å². The first-order chi connectivity index (χ1) is 15.0. The summed E-state index contributed by atoms with van der Waals surface area (Å²) in [5.41, 5.74) is -3.00. The monoisotopic (exact) mass is 514 g/mol. The van der Waals surface area contributed by atoms with Crippen molar-refractivity contribution in [3.8, 4) is 11.5 Å². The molecule has 0 saturated heterocycles. The van der Waals surface area contributed by atoms with E-state index in [1.807, 2.05) is 0 Å². The first-order valence-electron chi connectivity index (χ1n) is 8.49. The lowest BCUT2D eigenvalue weighted by molar-refractivity contribution is 0.481. The molecule has 2 aromatic carbocycles. The highest BCUT2D eigenvalue weighted by atomic mass is 35.5. The predicted molar refractivity (Wildman–Crippen MR) is 125 cm³/mol. The highest BCUT2D eigenvalue weighted by Gasteiger charge is 2.09. The molecule has 4 N–H and O–H groups in total. The lowest BCUT2D eigenvalue weighted by Crippen LogP contribution is -2.22. The van der Waals surface area contributed by atoms with Crippen LogP contribution in [0, 0.1) is 0 Å². The van der Waals surface area contributed by atoms with Crippen LogP contribution in [-0.2, 0) is 0 Å². The number of H-pyrrole nitrogens is 2. The molecule has 164 valence electrons. The van der Waals surface area contributed by atoms with E-state index in [0.717, 1.165) is 12.1 Å². The summed E-state index contributed by atoms with van der Waals surface area (Å²) in [7, 11) is 0. The Hall–Kier alpha value is -3.04. The van der Waals surface area contributed by atoms with Crippen LogP contribution in [0.4, 0.5) is 0 Å². The van der Waals surface area contributed by atoms with Crippen LogP contribution in [0.15, 0.2) is 55.6 Å². The smallest absolute Gasteiger partial charge is 0.296 e. The van der Waals surface area contributed by atoms with Gasteiger partial charge in [-0.05, 0) is 24.3 Å². The molecule has 0 aliphatic heterocycles. The van der Waals surface area contributed by atoms with Gasteiger partial charge in [-0.15, -0.1) is 0 Å². The van der Waals surface area contributed by atoms with Crippen molar-refractivity contribution in [2.24, 2.45) is 0 Å². The molecule has 32 heavy (non-hydrogen) atoms. The molecular formula is C20H10Cl4N2O6. The average molecular weight is 516 g/mol. The number of nitrogens with one attached hydrogen (secondary N) is 2. The summed E-state index contributed by atoms with van der Waals surface area (Å²) in [5, 5.41) is 20.5. The molecule has 0 radical (unpaired) electrons. The van der Waals surface area contributed by atoms with Crippen LogP contribution in [0.1, 0.15) is 0 Å². The molecule has 2 heterocycles. The summed E-state index contributed by atoms with van der Waals surface area (Å²) >= 11 is 23.2. The summed E-state index contributed by atoms with van der Waals surface area (Å²) < 4.78 is 0. The fraction of sp³-hybridized carbons (Fsp3) is 0. The number of aromatic nitrogens is 2. The van der Waals surface area contributed by atoms with Crippen molar-refractivity contribution in [3.05, 3.63) is 97.6 Å². The van der Waals surface area contributed by atoms with Gasteiger partial charge in [0.2, 0.25) is 10.9 Å². The van der Waals surface area contributed by atoms with Crippen molar-refractivity contribution in [2.75, 3.05) is 0 Å². The number of aromatic amines is 2. The normalized spacial score (nSPS) is 10.6. The first-order valence-corrected chi connectivity index (χ1v) is 10.0. The van der Waals surface area contributed by atoms with Crippen LogP contribution in [-0.4, -0.2) is 20.2 Å². The van der Waals surface area contributed by atoms with Crippen LogP contribution < -0.4 is 22.0 Å². The molecule has 0 bridgehead atoms. The van der Waals surface area contributed by atoms with Crippen LogP contribution in [0.25, 0.3) is 21.8 Å². The largest absolute Gasteiger partial charge is 0.507 e. The van der Waals surface area contributed by atoms with E-state index in [9.17, 15) is 29.4 Å². The van der Waals surface area contributed by atoms with E-state index in [2.05, 4.69) is 9.97 Å². The van der Waals surface area contributed by atoms with Gasteiger partial charge in [-0.1, -0.05) is 46.4 Å². The summed E-state index contributed by atoms with van der Waals surface area (Å²) in [6.45, 7) is 0. The Morgan fingerprint density at radius 1 is 0.625 bits per heavy atom. The lowest BCUT2D eigenvalue weighted by atomic mass is 10.2. The van der Waals surface area contributed by atoms with Crippen molar-refractivity contribution in [2.45, 2.75) is 0 Å². The zero-order valence-electron chi connectivity index (χ0n) is 15.5. The molecule has 4 aromatic rings. The molecular weight excluding hydrogens is 506 g/mol. The van der Waals surface area contributed by atoms with E-state index in [4.69, 9.17) is 46.4 Å². The van der Waals surface area contributed by atoms with Gasteiger partial charge >= 0.3 is 0 Å². The molecule has 0 unspecified atom stereocenters. The van der Waals surface area contributed by atoms with Crippen LogP contribution in [0.2, 0.25) is 20.1 Å². The van der Waals surface area contributed by atoms with E-state index in [1.54, 1.807) is 0 Å². The van der Waals surface area contributed by atoms with Crippen LogP contribution in [0.3, 0.4) is 0 Å². The van der Waals surface area contributed by atoms with Crippen LogP contribution >= 0.6 is 46.4 Å². The molecule has 0 spiro atoms. The summed E-state index contributed by atoms with van der Waals surface area (Å²) in [6.07, 6.45) is 0. The zero-order valence-corrected chi connectivity index (χ0v) is 18.5. The van der Waals surface area contributed by atoms with E-state index >= 15 is 0 Å². The molecule has 0 aliphatic rings. The molecule has 4 rings (SSSR count). The minimum atomic E-state index is -0.866. The van der Waals surface area contributed by atoms with Gasteiger partial charge in [0, 0.05) is 17.5 Å². The summed E-state index contributed by atoms with van der Waals surface area (Å²) in [6, 6.07) is 7.33. The van der Waals surface area contributed by atoms with Gasteiger partial charge < -0.3 is 20.2 Å². The number of hydrogen-bond donors (Lipinski definition) is 4. The number of benzene rings is 2. The minimum Gasteiger partial charge on any atom is -0.507 e. The van der Waals surface area contributed by atoms with Crippen molar-refractivity contribution in [1.82, 2.24) is 9.97 Å². The SMILES string of the molecule is O=c1cc(O)c2c(Cl)ccc(Cl)c2[nH]c1=O.O=c1cc(O)c2cc(Cl)c(Cl)cc2[nH]c1=O. The number of halogens is 4. The number of rotatable bonds is 0. The summed E-state index contributed by atoms with van der Waals surface area (Å²) in [4.78, 5) is 49.4. The van der Waals surface area contributed by atoms with Gasteiger partial charge in [-0.2, -0.15) is 0 Å². The molecule has 0 saturated carbocycles. The van der Waals surface area contributed by atoms with Gasteiger partial charge in [0.05, 0.1) is 36.5 Å². The Balaban J connectivity index is 0.000000181. The third kappa shape index (κ3) is 4.73. The second-order valence-corrected chi connectivity index (χ2v) is 7.92. The molecule has 2 aromatic heterocycles. The standard InChI is InChI=1S/2C10H5Cl2NO3/c11-5-1-4-7(2-6(5)12)13-10(16)9(15)3-8(4)14;11-4-1-2-5(12)9-8(4)6(14)3-7(15)10(16)13-9/h2*1-3,14H,(H,13,15,16). The van der Waals surface area contributed by atoms with Crippen molar-refractivity contribution >= 4 is 68.2 Å². The molecule has 12 heteroatoms. The fourth-order valence-electron chi connectivity index (χ4n) is 2.68. The highest BCUT2D eigenvalue weighted by Crippen LogP contribution is 2.32. The quantitative estimate of drug-likeness (QED) is 0.262. The van der Waals surface area contributed by atoms with Crippen LogP contribution in [0.5, 0.6) is 11.5 Å². The van der Waals surface area contributed by atoms with Gasteiger partial charge in [-0.3, -0.25) is 19.2 Å². The Morgan fingerprint density at radius 2 is 1.16 bits per heavy atom. The Bertz CT molecular complexity index is 1630. The molecule has 0 atom stereocenters. The number of hydrogen-bond acceptors (Lipinski definition) is 6. The Labute approximate surface area is 197 Å². The Kier molecular flexibility index (Phi) is 6.80. The highest BCUT2D eigenvalue weighted by molar-refractivity contribution is 6.43. The van der Waals surface area contributed by atoms with Crippen molar-refractivity contribution in [1.29, 1.82) is 0 Å². The second kappa shape index (κ2) is 9.22. The molecule has 0 amide bonds. The lowest BCUT2D eigenvalue weighted by Gasteiger charge is -2.00. The Morgan fingerprint density at radius 3 is 1.81 bits per heavy atom. The zero-order chi connectivity index (χ0) is 23.7. The number of fused-ring (bicyclic) bond motifs is 2. The van der Waals surface area contributed by atoms with Gasteiger partial charge in [0.15, 0.2) is 0 Å². The van der Waals surface area contributed by atoms with Crippen molar-refractivity contribution < 1.29 is 10.2 Å². The third-order valence-corrected chi connectivity index (χ3v) is 5.52. The molecule has 8 nitrogen and oxygen atoms in total. The molecule has 0 fully saturated rings. The number of aromatic hydroxyl groups is 2. The molecule has 0 aliphatic carbocycles. The van der Waals surface area contributed by atoms with Crippen molar-refractivity contribution in [3.63, 3.8) is 0 Å². The summed E-state index contributed by atoms with van der Waals surface area (Å²) in [5.74, 6) is -0.706. The van der Waals surface area contributed by atoms with Gasteiger partial charge in [-0.25, -0.2) is 0 Å². The van der Waals surface area contributed by atoms with Gasteiger partial charge in [0.1, 0.15) is 11.5 Å². The predicted octanol–water partition coefficient (Wildman–Crippen LogP) is 3.80. The maximum Gasteiger partial charge on any atom is 0.296 e.